The van der Waals surface area contributed by atoms with Crippen molar-refractivity contribution >= 4 is 33.5 Å². The number of carbonyl (C=O) groups excluding carboxylic acids is 1. The second-order valence-electron chi connectivity index (χ2n) is 4.52. The van der Waals surface area contributed by atoms with Crippen LogP contribution in [0.3, 0.4) is 0 Å². The Labute approximate surface area is 125 Å². The molecule has 20 heavy (non-hydrogen) atoms. The first-order valence-electron chi connectivity index (χ1n) is 5.94. The Morgan fingerprint density at radius 3 is 2.55 bits per heavy atom. The van der Waals surface area contributed by atoms with Gasteiger partial charge in [-0.2, -0.15) is 0 Å². The van der Waals surface area contributed by atoms with Crippen molar-refractivity contribution in [3.63, 3.8) is 0 Å². The van der Waals surface area contributed by atoms with Gasteiger partial charge in [0.05, 0.1) is 12.7 Å². The third-order valence-corrected chi connectivity index (χ3v) is 3.82. The molecule has 4 N–H and O–H groups in total. The van der Waals surface area contributed by atoms with Gasteiger partial charge in [-0.15, -0.1) is 0 Å². The van der Waals surface area contributed by atoms with E-state index in [2.05, 4.69) is 21.2 Å². The van der Waals surface area contributed by atoms with Gasteiger partial charge in [0.15, 0.2) is 0 Å². The summed E-state index contributed by atoms with van der Waals surface area (Å²) in [5.74, 6) is -1.34. The molecule has 110 valence electrons. The lowest BCUT2D eigenvalue weighted by molar-refractivity contribution is -0.143. The normalized spacial score (nSPS) is 13.4. The van der Waals surface area contributed by atoms with Gasteiger partial charge in [-0.1, -0.05) is 6.92 Å². The minimum absolute atomic E-state index is 0.217. The first kappa shape index (κ1) is 16.3. The fourth-order valence-electron chi connectivity index (χ4n) is 1.53. The minimum Gasteiger partial charge on any atom is -0.496 e. The molecule has 1 amide bonds. The van der Waals surface area contributed by atoms with Gasteiger partial charge < -0.3 is 20.9 Å². The van der Waals surface area contributed by atoms with Gasteiger partial charge in [-0.25, -0.2) is 4.79 Å². The second-order valence-corrected chi connectivity index (χ2v) is 5.37. The predicted octanol–water partition coefficient (Wildman–Crippen LogP) is 2.02. The van der Waals surface area contributed by atoms with Crippen LogP contribution in [0.15, 0.2) is 16.6 Å². The Morgan fingerprint density at radius 1 is 1.50 bits per heavy atom. The Morgan fingerprint density at radius 2 is 2.10 bits per heavy atom. The van der Waals surface area contributed by atoms with Gasteiger partial charge in [0, 0.05) is 16.2 Å². The molecule has 0 saturated carbocycles. The summed E-state index contributed by atoms with van der Waals surface area (Å²) in [6, 6.07) is 3.00. The summed E-state index contributed by atoms with van der Waals surface area (Å²) in [5, 5.41) is 11.7. The van der Waals surface area contributed by atoms with Gasteiger partial charge >= 0.3 is 5.97 Å². The highest BCUT2D eigenvalue weighted by Crippen LogP contribution is 2.29. The van der Waals surface area contributed by atoms with Crippen molar-refractivity contribution in [3.8, 4) is 5.75 Å². The number of methoxy groups -OCH3 is 1. The van der Waals surface area contributed by atoms with Crippen molar-refractivity contribution in [3.05, 3.63) is 22.2 Å². The summed E-state index contributed by atoms with van der Waals surface area (Å²) in [6.07, 6.45) is 0.256. The number of nitrogens with one attached hydrogen (secondary N) is 1. The van der Waals surface area contributed by atoms with Crippen LogP contribution in [0.4, 0.5) is 5.69 Å². The van der Waals surface area contributed by atoms with E-state index in [0.29, 0.717) is 10.2 Å². The largest absolute Gasteiger partial charge is 0.496 e. The number of hydrogen-bond donors (Lipinski definition) is 3. The molecule has 0 aliphatic carbocycles. The van der Waals surface area contributed by atoms with Crippen molar-refractivity contribution in [1.29, 1.82) is 0 Å². The summed E-state index contributed by atoms with van der Waals surface area (Å²) in [7, 11) is 1.41. The number of carboxylic acids is 1. The number of aliphatic carboxylic acids is 1. The lowest BCUT2D eigenvalue weighted by Crippen LogP contribution is -2.51. The smallest absolute Gasteiger partial charge is 0.329 e. The molecule has 0 heterocycles. The molecule has 0 saturated heterocycles. The van der Waals surface area contributed by atoms with Gasteiger partial charge in [0.2, 0.25) is 0 Å². The molecule has 1 rings (SSSR count). The van der Waals surface area contributed by atoms with Crippen LogP contribution in [-0.2, 0) is 4.79 Å². The zero-order valence-corrected chi connectivity index (χ0v) is 13.1. The minimum atomic E-state index is -1.34. The summed E-state index contributed by atoms with van der Waals surface area (Å²) in [5.41, 5.74) is 5.02. The first-order chi connectivity index (χ1) is 9.25. The molecule has 0 radical (unpaired) electrons. The highest BCUT2D eigenvalue weighted by Gasteiger charge is 2.33. The zero-order chi connectivity index (χ0) is 15.5. The van der Waals surface area contributed by atoms with Crippen LogP contribution in [0.1, 0.15) is 30.6 Å². The van der Waals surface area contributed by atoms with E-state index in [0.717, 1.165) is 0 Å². The van der Waals surface area contributed by atoms with Gasteiger partial charge in [-0.3, -0.25) is 4.79 Å². The maximum atomic E-state index is 12.3. The molecule has 0 spiro atoms. The third-order valence-electron chi connectivity index (χ3n) is 3.13. The van der Waals surface area contributed by atoms with Crippen LogP contribution in [-0.4, -0.2) is 29.6 Å². The molecular weight excluding hydrogens is 328 g/mol. The second kappa shape index (κ2) is 6.13. The van der Waals surface area contributed by atoms with Crippen LogP contribution >= 0.6 is 15.9 Å². The lowest BCUT2D eigenvalue weighted by Gasteiger charge is -2.25. The van der Waals surface area contributed by atoms with Crippen molar-refractivity contribution in [2.75, 3.05) is 12.8 Å². The number of hydrogen-bond acceptors (Lipinski definition) is 4. The van der Waals surface area contributed by atoms with Crippen molar-refractivity contribution < 1.29 is 19.4 Å². The summed E-state index contributed by atoms with van der Waals surface area (Å²) in [4.78, 5) is 23.5. The molecule has 0 aliphatic heterocycles. The lowest BCUT2D eigenvalue weighted by atomic mass is 9.98. The monoisotopic (exact) mass is 344 g/mol. The van der Waals surface area contributed by atoms with Gasteiger partial charge in [0.25, 0.3) is 5.91 Å². The number of halogens is 1. The third kappa shape index (κ3) is 3.22. The van der Waals surface area contributed by atoms with Crippen molar-refractivity contribution in [2.24, 2.45) is 0 Å². The SMILES string of the molecule is CC[C@](C)(NC(=O)c1cc(Br)c(N)cc1OC)C(=O)O. The average Bonchev–Trinajstić information content (AvgIpc) is 2.40. The predicted molar refractivity (Wildman–Crippen MR) is 78.9 cm³/mol. The number of rotatable bonds is 5. The molecule has 0 unspecified atom stereocenters. The quantitative estimate of drug-likeness (QED) is 0.709. The van der Waals surface area contributed by atoms with E-state index in [-0.39, 0.29) is 17.7 Å². The van der Waals surface area contributed by atoms with Crippen LogP contribution in [0.25, 0.3) is 0 Å². The summed E-state index contributed by atoms with van der Waals surface area (Å²) >= 11 is 3.23. The molecule has 7 heteroatoms. The molecule has 0 fully saturated rings. The molecule has 0 aromatic heterocycles. The van der Waals surface area contributed by atoms with Crippen molar-refractivity contribution in [1.82, 2.24) is 5.32 Å². The number of anilines is 1. The fraction of sp³-hybridized carbons (Fsp3) is 0.385. The zero-order valence-electron chi connectivity index (χ0n) is 11.5. The Hall–Kier alpha value is -1.76. The highest BCUT2D eigenvalue weighted by atomic mass is 79.9. The summed E-state index contributed by atoms with van der Waals surface area (Å²) in [6.45, 7) is 3.14. The number of benzene rings is 1. The van der Waals surface area contributed by atoms with Gasteiger partial charge in [0.1, 0.15) is 11.3 Å². The van der Waals surface area contributed by atoms with E-state index in [1.807, 2.05) is 0 Å². The number of nitrogen functional groups attached to an aromatic ring is 1. The first-order valence-corrected chi connectivity index (χ1v) is 6.73. The van der Waals surface area contributed by atoms with E-state index < -0.39 is 17.4 Å². The number of ether oxygens (including phenoxy) is 1. The molecule has 1 aromatic rings. The molecule has 6 nitrogen and oxygen atoms in total. The maximum absolute atomic E-state index is 12.3. The molecule has 0 bridgehead atoms. The number of amides is 1. The molecule has 0 aliphatic rings. The average molecular weight is 345 g/mol. The standard InChI is InChI=1S/C13H17BrN2O4/c1-4-13(2,12(18)19)16-11(17)7-5-8(14)9(15)6-10(7)20-3/h5-6H,4,15H2,1-3H3,(H,16,17)(H,18,19)/t13-/m0/s1. The Kier molecular flexibility index (Phi) is 4.99. The van der Waals surface area contributed by atoms with Crippen molar-refractivity contribution in [2.45, 2.75) is 25.8 Å². The molecule has 1 atom stereocenters. The number of carbonyl (C=O) groups is 2. The number of carboxylic acid groups (broad SMARTS) is 1. The van der Waals surface area contributed by atoms with Crippen LogP contribution in [0.2, 0.25) is 0 Å². The van der Waals surface area contributed by atoms with E-state index in [1.165, 1.54) is 26.2 Å². The van der Waals surface area contributed by atoms with E-state index >= 15 is 0 Å². The van der Waals surface area contributed by atoms with Gasteiger partial charge in [-0.05, 0) is 35.3 Å². The summed E-state index contributed by atoms with van der Waals surface area (Å²) < 4.78 is 5.64. The maximum Gasteiger partial charge on any atom is 0.329 e. The Bertz CT molecular complexity index is 547. The van der Waals surface area contributed by atoms with E-state index in [1.54, 1.807) is 6.92 Å². The Balaban J connectivity index is 3.15. The van der Waals surface area contributed by atoms with Crippen LogP contribution in [0.5, 0.6) is 5.75 Å². The topological polar surface area (TPSA) is 102 Å². The highest BCUT2D eigenvalue weighted by molar-refractivity contribution is 9.10. The van der Waals surface area contributed by atoms with Crippen LogP contribution in [0, 0.1) is 0 Å². The van der Waals surface area contributed by atoms with E-state index in [4.69, 9.17) is 10.5 Å². The fourth-order valence-corrected chi connectivity index (χ4v) is 1.87. The molecule has 1 aromatic carbocycles. The molecular formula is C13H17BrN2O4. The van der Waals surface area contributed by atoms with Crippen LogP contribution < -0.4 is 15.8 Å². The number of nitrogens with two attached hydrogens (primary N) is 1. The van der Waals surface area contributed by atoms with E-state index in [9.17, 15) is 14.7 Å².